The average Bonchev–Trinajstić information content (AvgIpc) is 2.44. The Balaban J connectivity index is 2.38. The molecule has 0 atom stereocenters. The van der Waals surface area contributed by atoms with Gasteiger partial charge in [0.25, 0.3) is 0 Å². The highest BCUT2D eigenvalue weighted by Crippen LogP contribution is 2.26. The van der Waals surface area contributed by atoms with Crippen LogP contribution in [0, 0.1) is 27.7 Å². The first-order chi connectivity index (χ1) is 10.2. The Kier molecular flexibility index (Phi) is 4.95. The molecule has 0 bridgehead atoms. The van der Waals surface area contributed by atoms with Gasteiger partial charge in [-0.25, -0.2) is 13.1 Å². The Bertz CT molecular complexity index is 787. The van der Waals surface area contributed by atoms with Crippen LogP contribution in [0.1, 0.15) is 27.8 Å². The van der Waals surface area contributed by atoms with E-state index in [-0.39, 0.29) is 6.54 Å². The van der Waals surface area contributed by atoms with E-state index in [4.69, 9.17) is 11.6 Å². The van der Waals surface area contributed by atoms with E-state index in [1.807, 2.05) is 52.0 Å². The van der Waals surface area contributed by atoms with E-state index in [0.717, 1.165) is 27.8 Å². The van der Waals surface area contributed by atoms with Gasteiger partial charge in [-0.2, -0.15) is 0 Å². The second-order valence-corrected chi connectivity index (χ2v) is 7.62. The number of hydrogen-bond acceptors (Lipinski definition) is 2. The Labute approximate surface area is 137 Å². The highest BCUT2D eigenvalue weighted by atomic mass is 35.5. The van der Waals surface area contributed by atoms with Gasteiger partial charge in [-0.15, -0.1) is 0 Å². The lowest BCUT2D eigenvalue weighted by molar-refractivity contribution is 0.579. The largest absolute Gasteiger partial charge is 0.241 e. The summed E-state index contributed by atoms with van der Waals surface area (Å²) < 4.78 is 28.1. The zero-order valence-electron chi connectivity index (χ0n) is 13.2. The molecule has 0 aromatic heterocycles. The fourth-order valence-electron chi connectivity index (χ4n) is 2.47. The average molecular weight is 338 g/mol. The Morgan fingerprint density at radius 3 is 2.09 bits per heavy atom. The summed E-state index contributed by atoms with van der Waals surface area (Å²) in [5.74, 6) is 0. The minimum atomic E-state index is -3.59. The van der Waals surface area contributed by atoms with Gasteiger partial charge >= 0.3 is 0 Å². The van der Waals surface area contributed by atoms with Crippen molar-refractivity contribution < 1.29 is 8.42 Å². The van der Waals surface area contributed by atoms with Gasteiger partial charge in [0.15, 0.2) is 0 Å². The molecule has 0 saturated carbocycles. The number of hydrogen-bond donors (Lipinski definition) is 1. The quantitative estimate of drug-likeness (QED) is 0.914. The molecule has 1 N–H and O–H groups in total. The van der Waals surface area contributed by atoms with E-state index in [1.165, 1.54) is 0 Å². The van der Waals surface area contributed by atoms with Crippen molar-refractivity contribution in [2.45, 2.75) is 39.1 Å². The summed E-state index contributed by atoms with van der Waals surface area (Å²) >= 11 is 6.08. The van der Waals surface area contributed by atoms with Crippen LogP contribution in [0.25, 0.3) is 0 Å². The molecule has 0 aliphatic carbocycles. The molecule has 3 nitrogen and oxygen atoms in total. The van der Waals surface area contributed by atoms with Crippen molar-refractivity contribution >= 4 is 21.6 Å². The van der Waals surface area contributed by atoms with Crippen LogP contribution in [0.15, 0.2) is 35.2 Å². The van der Waals surface area contributed by atoms with Crippen molar-refractivity contribution in [1.29, 1.82) is 0 Å². The summed E-state index contributed by atoms with van der Waals surface area (Å²) in [4.78, 5) is 0.372. The molecule has 0 unspecified atom stereocenters. The van der Waals surface area contributed by atoms with Crippen molar-refractivity contribution in [2.75, 3.05) is 0 Å². The maximum atomic E-state index is 12.7. The molecule has 5 heteroatoms. The minimum Gasteiger partial charge on any atom is -0.207 e. The highest BCUT2D eigenvalue weighted by molar-refractivity contribution is 7.89. The third kappa shape index (κ3) is 3.35. The summed E-state index contributed by atoms with van der Waals surface area (Å²) in [7, 11) is -3.59. The molecule has 0 heterocycles. The topological polar surface area (TPSA) is 46.2 Å². The highest BCUT2D eigenvalue weighted by Gasteiger charge is 2.22. The van der Waals surface area contributed by atoms with E-state index in [0.29, 0.717) is 9.92 Å². The third-order valence-electron chi connectivity index (χ3n) is 3.98. The van der Waals surface area contributed by atoms with Gasteiger partial charge in [-0.3, -0.25) is 0 Å². The van der Waals surface area contributed by atoms with Crippen molar-refractivity contribution in [3.63, 3.8) is 0 Å². The molecule has 0 radical (unpaired) electrons. The van der Waals surface area contributed by atoms with Crippen molar-refractivity contribution in [3.8, 4) is 0 Å². The summed E-state index contributed by atoms with van der Waals surface area (Å²) in [6, 6.07) is 9.23. The monoisotopic (exact) mass is 337 g/mol. The summed E-state index contributed by atoms with van der Waals surface area (Å²) in [5, 5.41) is 0.555. The molecule has 118 valence electrons. The molecule has 0 aliphatic heterocycles. The molecule has 22 heavy (non-hydrogen) atoms. The van der Waals surface area contributed by atoms with E-state index in [2.05, 4.69) is 4.72 Å². The Hall–Kier alpha value is -1.36. The molecular weight excluding hydrogens is 318 g/mol. The molecule has 0 spiro atoms. The summed E-state index contributed by atoms with van der Waals surface area (Å²) in [6.07, 6.45) is 0. The fraction of sp³-hybridized carbons (Fsp3) is 0.294. The van der Waals surface area contributed by atoms with E-state index in [9.17, 15) is 8.42 Å². The summed E-state index contributed by atoms with van der Waals surface area (Å²) in [6.45, 7) is 7.70. The first-order valence-electron chi connectivity index (χ1n) is 7.04. The zero-order valence-corrected chi connectivity index (χ0v) is 14.8. The number of halogens is 1. The lowest BCUT2D eigenvalue weighted by Gasteiger charge is -2.16. The number of nitrogens with one attached hydrogen (secondary N) is 1. The molecule has 0 saturated heterocycles. The van der Waals surface area contributed by atoms with Crippen LogP contribution < -0.4 is 4.72 Å². The predicted octanol–water partition coefficient (Wildman–Crippen LogP) is 4.05. The maximum absolute atomic E-state index is 12.7. The first kappa shape index (κ1) is 17.0. The fourth-order valence-corrected chi connectivity index (χ4v) is 4.29. The standard InChI is InChI=1S/C17H20ClNO2S/c1-11-9-12(2)14(4)17(13(11)3)22(20,21)19-10-15-7-5-6-8-16(15)18/h5-9,19H,10H2,1-4H3. The molecule has 2 rings (SSSR count). The Morgan fingerprint density at radius 1 is 1.00 bits per heavy atom. The maximum Gasteiger partial charge on any atom is 0.241 e. The van der Waals surface area contributed by atoms with Gasteiger partial charge in [0.1, 0.15) is 0 Å². The number of rotatable bonds is 4. The molecule has 0 fully saturated rings. The molecule has 0 amide bonds. The predicted molar refractivity (Wildman–Crippen MR) is 90.9 cm³/mol. The smallest absolute Gasteiger partial charge is 0.207 e. The minimum absolute atomic E-state index is 0.174. The van der Waals surface area contributed by atoms with Crippen LogP contribution in [0.5, 0.6) is 0 Å². The normalized spacial score (nSPS) is 11.7. The van der Waals surface area contributed by atoms with Gasteiger partial charge in [0, 0.05) is 11.6 Å². The number of aryl methyl sites for hydroxylation is 2. The molecule has 2 aromatic carbocycles. The van der Waals surface area contributed by atoms with Crippen LogP contribution in [0.2, 0.25) is 5.02 Å². The lowest BCUT2D eigenvalue weighted by Crippen LogP contribution is -2.25. The van der Waals surface area contributed by atoms with Gasteiger partial charge in [-0.1, -0.05) is 35.9 Å². The molecular formula is C17H20ClNO2S. The van der Waals surface area contributed by atoms with Crippen LogP contribution in [0.4, 0.5) is 0 Å². The van der Waals surface area contributed by atoms with E-state index < -0.39 is 10.0 Å². The van der Waals surface area contributed by atoms with Crippen molar-refractivity contribution in [1.82, 2.24) is 4.72 Å². The van der Waals surface area contributed by atoms with Crippen LogP contribution in [0.3, 0.4) is 0 Å². The van der Waals surface area contributed by atoms with Gasteiger partial charge < -0.3 is 0 Å². The second-order valence-electron chi connectivity index (χ2n) is 5.51. The van der Waals surface area contributed by atoms with Gasteiger partial charge in [0.05, 0.1) is 4.90 Å². The number of benzene rings is 2. The third-order valence-corrected chi connectivity index (χ3v) is 6.02. The second kappa shape index (κ2) is 6.41. The summed E-state index contributed by atoms with van der Waals surface area (Å²) in [5.41, 5.74) is 4.28. The van der Waals surface area contributed by atoms with E-state index in [1.54, 1.807) is 6.07 Å². The number of sulfonamides is 1. The zero-order chi connectivity index (χ0) is 16.5. The van der Waals surface area contributed by atoms with Crippen molar-refractivity contribution in [2.24, 2.45) is 0 Å². The first-order valence-corrected chi connectivity index (χ1v) is 8.90. The van der Waals surface area contributed by atoms with Gasteiger partial charge in [-0.05, 0) is 61.6 Å². The Morgan fingerprint density at radius 2 is 1.55 bits per heavy atom. The van der Waals surface area contributed by atoms with Crippen LogP contribution in [-0.4, -0.2) is 8.42 Å². The lowest BCUT2D eigenvalue weighted by atomic mass is 10.0. The SMILES string of the molecule is Cc1cc(C)c(C)c(S(=O)(=O)NCc2ccccc2Cl)c1C. The van der Waals surface area contributed by atoms with E-state index >= 15 is 0 Å². The molecule has 0 aliphatic rings. The van der Waals surface area contributed by atoms with Crippen LogP contribution >= 0.6 is 11.6 Å². The molecule has 2 aromatic rings. The van der Waals surface area contributed by atoms with Crippen molar-refractivity contribution in [3.05, 3.63) is 63.2 Å². The van der Waals surface area contributed by atoms with Crippen LogP contribution in [-0.2, 0) is 16.6 Å². The van der Waals surface area contributed by atoms with Gasteiger partial charge in [0.2, 0.25) is 10.0 Å².